The van der Waals surface area contributed by atoms with Crippen LogP contribution in [0.1, 0.15) is 44.0 Å². The summed E-state index contributed by atoms with van der Waals surface area (Å²) in [4.78, 5) is 27.9. The van der Waals surface area contributed by atoms with Crippen LogP contribution in [0.2, 0.25) is 0 Å². The summed E-state index contributed by atoms with van der Waals surface area (Å²) < 4.78 is 17.2. The number of carbonyl (C=O) groups excluding carboxylic acids is 2. The number of para-hydroxylation sites is 1. The molecule has 33 heavy (non-hydrogen) atoms. The van der Waals surface area contributed by atoms with Gasteiger partial charge in [0, 0.05) is 0 Å². The van der Waals surface area contributed by atoms with Crippen molar-refractivity contribution < 1.29 is 23.8 Å². The first kappa shape index (κ1) is 22.4. The zero-order valence-electron chi connectivity index (χ0n) is 18.9. The molecule has 170 valence electrons. The molecule has 1 aliphatic heterocycles. The molecule has 0 saturated carbocycles. The van der Waals surface area contributed by atoms with E-state index >= 15 is 0 Å². The van der Waals surface area contributed by atoms with Crippen molar-refractivity contribution in [3.8, 4) is 11.5 Å². The molecule has 2 atom stereocenters. The molecule has 0 spiro atoms. The fraction of sp³-hybridized carbons (Fsp3) is 0.259. The summed E-state index contributed by atoms with van der Waals surface area (Å²) in [7, 11) is 0. The van der Waals surface area contributed by atoms with Gasteiger partial charge in [-0.2, -0.15) is 0 Å². The number of benzene rings is 3. The lowest BCUT2D eigenvalue weighted by molar-refractivity contribution is -0.162. The lowest BCUT2D eigenvalue weighted by Crippen LogP contribution is -2.49. The number of cyclic esters (lactones) is 1. The Morgan fingerprint density at radius 2 is 1.48 bits per heavy atom. The highest BCUT2D eigenvalue weighted by Crippen LogP contribution is 2.38. The van der Waals surface area contributed by atoms with Crippen LogP contribution < -0.4 is 4.74 Å². The molecule has 1 aliphatic rings. The maximum absolute atomic E-state index is 13.4. The van der Waals surface area contributed by atoms with Gasteiger partial charge in [-0.05, 0) is 56.2 Å². The molecule has 6 heteroatoms. The van der Waals surface area contributed by atoms with Crippen LogP contribution in [0, 0.1) is 0 Å². The number of nitrogens with zero attached hydrogens (tertiary/aromatic N) is 1. The molecule has 6 nitrogen and oxygen atoms in total. The number of morpholine rings is 1. The van der Waals surface area contributed by atoms with E-state index in [0.717, 1.165) is 5.56 Å². The Morgan fingerprint density at radius 3 is 2.15 bits per heavy atom. The summed E-state index contributed by atoms with van der Waals surface area (Å²) >= 11 is 0. The second-order valence-corrected chi connectivity index (χ2v) is 8.83. The van der Waals surface area contributed by atoms with Crippen LogP contribution in [-0.2, 0) is 14.3 Å². The third-order valence-corrected chi connectivity index (χ3v) is 5.16. The fourth-order valence-electron chi connectivity index (χ4n) is 3.76. The van der Waals surface area contributed by atoms with Gasteiger partial charge in [-0.3, -0.25) is 4.90 Å². The number of ether oxygens (including phenoxy) is 3. The van der Waals surface area contributed by atoms with Crippen molar-refractivity contribution in [2.45, 2.75) is 38.5 Å². The molecule has 3 aromatic carbocycles. The Morgan fingerprint density at radius 1 is 0.879 bits per heavy atom. The molecule has 0 unspecified atom stereocenters. The molecular weight excluding hydrogens is 418 g/mol. The van der Waals surface area contributed by atoms with E-state index < -0.39 is 29.7 Å². The van der Waals surface area contributed by atoms with Crippen molar-refractivity contribution >= 4 is 12.1 Å². The minimum absolute atomic E-state index is 0.0544. The van der Waals surface area contributed by atoms with E-state index in [1.54, 1.807) is 45.0 Å². The van der Waals surface area contributed by atoms with Gasteiger partial charge in [0.25, 0.3) is 0 Å². The number of rotatable bonds is 4. The molecule has 3 aromatic rings. The van der Waals surface area contributed by atoms with Crippen LogP contribution in [0.5, 0.6) is 11.5 Å². The summed E-state index contributed by atoms with van der Waals surface area (Å²) in [5, 5.41) is 0. The topological polar surface area (TPSA) is 65.1 Å². The second kappa shape index (κ2) is 9.36. The highest BCUT2D eigenvalue weighted by molar-refractivity contribution is 5.84. The monoisotopic (exact) mass is 445 g/mol. The molecule has 1 saturated heterocycles. The smallest absolute Gasteiger partial charge is 0.411 e. The molecule has 0 bridgehead atoms. The molecule has 0 aliphatic carbocycles. The van der Waals surface area contributed by atoms with Gasteiger partial charge in [-0.25, -0.2) is 9.59 Å². The highest BCUT2D eigenvalue weighted by atomic mass is 16.6. The van der Waals surface area contributed by atoms with E-state index in [-0.39, 0.29) is 6.61 Å². The first-order valence-corrected chi connectivity index (χ1v) is 10.9. The van der Waals surface area contributed by atoms with E-state index in [9.17, 15) is 9.59 Å². The summed E-state index contributed by atoms with van der Waals surface area (Å²) in [6.45, 7) is 5.45. The lowest BCUT2D eigenvalue weighted by atomic mass is 9.98. The van der Waals surface area contributed by atoms with E-state index in [2.05, 4.69) is 0 Å². The summed E-state index contributed by atoms with van der Waals surface area (Å²) in [6.07, 6.45) is -0.576. The van der Waals surface area contributed by atoms with E-state index in [1.807, 2.05) is 60.7 Å². The average molecular weight is 446 g/mol. The van der Waals surface area contributed by atoms with E-state index in [4.69, 9.17) is 14.2 Å². The zero-order chi connectivity index (χ0) is 23.4. The van der Waals surface area contributed by atoms with Crippen LogP contribution in [0.25, 0.3) is 0 Å². The van der Waals surface area contributed by atoms with Crippen LogP contribution in [0.15, 0.2) is 84.9 Å². The van der Waals surface area contributed by atoms with Crippen molar-refractivity contribution in [2.24, 2.45) is 0 Å². The quantitative estimate of drug-likeness (QED) is 0.457. The van der Waals surface area contributed by atoms with Crippen molar-refractivity contribution in [1.82, 2.24) is 4.90 Å². The van der Waals surface area contributed by atoms with Gasteiger partial charge in [0.15, 0.2) is 6.04 Å². The van der Waals surface area contributed by atoms with Crippen molar-refractivity contribution in [2.75, 3.05) is 6.61 Å². The summed E-state index contributed by atoms with van der Waals surface area (Å²) in [6, 6.07) is 24.5. The first-order chi connectivity index (χ1) is 15.8. The summed E-state index contributed by atoms with van der Waals surface area (Å²) in [5.74, 6) is 0.717. The van der Waals surface area contributed by atoms with E-state index in [1.165, 1.54) is 4.90 Å². The number of amides is 1. The Labute approximate surface area is 193 Å². The van der Waals surface area contributed by atoms with Gasteiger partial charge in [0.1, 0.15) is 23.7 Å². The minimum atomic E-state index is -0.974. The number of hydrogen-bond acceptors (Lipinski definition) is 5. The Bertz CT molecular complexity index is 1110. The first-order valence-electron chi connectivity index (χ1n) is 10.9. The van der Waals surface area contributed by atoms with Gasteiger partial charge in [-0.1, -0.05) is 60.7 Å². The van der Waals surface area contributed by atoms with Crippen molar-refractivity contribution in [1.29, 1.82) is 0 Å². The largest absolute Gasteiger partial charge is 0.461 e. The minimum Gasteiger partial charge on any atom is -0.461 e. The third-order valence-electron chi connectivity index (χ3n) is 5.16. The predicted octanol–water partition coefficient (Wildman–Crippen LogP) is 6.06. The number of esters is 1. The van der Waals surface area contributed by atoms with Crippen LogP contribution in [-0.4, -0.2) is 29.2 Å². The molecule has 1 amide bonds. The Kier molecular flexibility index (Phi) is 6.36. The maximum Gasteiger partial charge on any atom is 0.411 e. The molecular formula is C27H27NO5. The molecule has 1 heterocycles. The molecule has 4 rings (SSSR count). The Hall–Kier alpha value is -3.80. The lowest BCUT2D eigenvalue weighted by Gasteiger charge is -2.41. The standard InChI is InChI=1S/C27H27NO5/c1-27(2,3)33-26(30)28-23(19-11-6-4-7-12-19)18-31-25(29)24(28)20-13-10-16-22(17-20)32-21-14-8-5-9-15-21/h4-17,23-24H,18H2,1-3H3/t23-,24+/m1/s1. The van der Waals surface area contributed by atoms with Gasteiger partial charge in [0.2, 0.25) is 0 Å². The SMILES string of the molecule is CC(C)(C)OC(=O)N1[C@@H](c2ccccc2)COC(=O)[C@@H]1c1cccc(Oc2ccccc2)c1. The molecule has 0 N–H and O–H groups in total. The number of carbonyl (C=O) groups is 2. The van der Waals surface area contributed by atoms with Crippen molar-refractivity contribution in [3.05, 3.63) is 96.1 Å². The Balaban J connectivity index is 1.72. The van der Waals surface area contributed by atoms with Crippen LogP contribution >= 0.6 is 0 Å². The third kappa shape index (κ3) is 5.34. The highest BCUT2D eigenvalue weighted by Gasteiger charge is 2.44. The summed E-state index contributed by atoms with van der Waals surface area (Å²) in [5.41, 5.74) is 0.722. The van der Waals surface area contributed by atoms with Crippen molar-refractivity contribution in [3.63, 3.8) is 0 Å². The number of hydrogen-bond donors (Lipinski definition) is 0. The zero-order valence-corrected chi connectivity index (χ0v) is 18.9. The van der Waals surface area contributed by atoms with Gasteiger partial charge >= 0.3 is 12.1 Å². The molecule has 1 fully saturated rings. The molecule has 0 aromatic heterocycles. The fourth-order valence-corrected chi connectivity index (χ4v) is 3.76. The molecule has 0 radical (unpaired) electrons. The maximum atomic E-state index is 13.4. The van der Waals surface area contributed by atoms with Gasteiger partial charge in [0.05, 0.1) is 6.04 Å². The van der Waals surface area contributed by atoms with Gasteiger partial charge < -0.3 is 14.2 Å². The average Bonchev–Trinajstić information content (AvgIpc) is 2.79. The van der Waals surface area contributed by atoms with Crippen LogP contribution in [0.3, 0.4) is 0 Å². The second-order valence-electron chi connectivity index (χ2n) is 8.83. The predicted molar refractivity (Wildman–Crippen MR) is 124 cm³/mol. The van der Waals surface area contributed by atoms with Gasteiger partial charge in [-0.15, -0.1) is 0 Å². The normalized spacial score (nSPS) is 18.4. The van der Waals surface area contributed by atoms with Crippen LogP contribution in [0.4, 0.5) is 4.79 Å². The van der Waals surface area contributed by atoms with E-state index in [0.29, 0.717) is 17.1 Å².